The highest BCUT2D eigenvalue weighted by molar-refractivity contribution is 6.30. The van der Waals surface area contributed by atoms with Crippen LogP contribution in [0.25, 0.3) is 5.69 Å². The Labute approximate surface area is 105 Å². The third-order valence-electron chi connectivity index (χ3n) is 2.47. The molecule has 0 amide bonds. The first-order valence-electron chi connectivity index (χ1n) is 5.33. The third kappa shape index (κ3) is 2.43. The van der Waals surface area contributed by atoms with Crippen LogP contribution < -0.4 is 10.5 Å². The van der Waals surface area contributed by atoms with Crippen LogP contribution in [0.4, 0.5) is 0 Å². The van der Waals surface area contributed by atoms with Crippen LogP contribution >= 0.6 is 11.6 Å². The number of ether oxygens (including phenoxy) is 1. The van der Waals surface area contributed by atoms with Crippen molar-refractivity contribution in [2.75, 3.05) is 13.7 Å². The van der Waals surface area contributed by atoms with Crippen LogP contribution in [0.5, 0.6) is 5.88 Å². The molecule has 0 unspecified atom stereocenters. The first kappa shape index (κ1) is 12.0. The number of hydrogen-bond acceptors (Lipinski definition) is 3. The molecule has 90 valence electrons. The summed E-state index contributed by atoms with van der Waals surface area (Å²) in [7, 11) is 1.63. The molecule has 17 heavy (non-hydrogen) atoms. The molecule has 0 radical (unpaired) electrons. The van der Waals surface area contributed by atoms with Gasteiger partial charge in [-0.1, -0.05) is 11.6 Å². The zero-order valence-electron chi connectivity index (χ0n) is 9.56. The van der Waals surface area contributed by atoms with E-state index >= 15 is 0 Å². The molecule has 2 rings (SSSR count). The van der Waals surface area contributed by atoms with Gasteiger partial charge in [-0.2, -0.15) is 5.10 Å². The average Bonchev–Trinajstić information content (AvgIpc) is 2.73. The van der Waals surface area contributed by atoms with Crippen molar-refractivity contribution in [3.05, 3.63) is 41.0 Å². The van der Waals surface area contributed by atoms with Gasteiger partial charge < -0.3 is 10.5 Å². The minimum atomic E-state index is 0.572. The highest BCUT2D eigenvalue weighted by atomic mass is 35.5. The maximum Gasteiger partial charge on any atom is 0.219 e. The number of halogens is 1. The van der Waals surface area contributed by atoms with Gasteiger partial charge in [-0.25, -0.2) is 4.68 Å². The zero-order valence-corrected chi connectivity index (χ0v) is 10.3. The standard InChI is InChI=1S/C12H14ClN3O/c1-17-12-9(6-7-14)8-15-16(12)11-4-2-10(13)3-5-11/h2-5,8H,6-7,14H2,1H3. The van der Waals surface area contributed by atoms with E-state index in [0.717, 1.165) is 23.6 Å². The summed E-state index contributed by atoms with van der Waals surface area (Å²) in [5.41, 5.74) is 7.46. The van der Waals surface area contributed by atoms with Crippen molar-refractivity contribution in [2.24, 2.45) is 5.73 Å². The predicted octanol–water partition coefficient (Wildman–Crippen LogP) is 2.04. The van der Waals surface area contributed by atoms with Gasteiger partial charge in [0, 0.05) is 10.6 Å². The molecule has 0 atom stereocenters. The molecular formula is C12H14ClN3O. The first-order valence-corrected chi connectivity index (χ1v) is 5.71. The van der Waals surface area contributed by atoms with E-state index in [-0.39, 0.29) is 0 Å². The second-order valence-corrected chi connectivity index (χ2v) is 4.04. The Hall–Kier alpha value is -1.52. The van der Waals surface area contributed by atoms with E-state index in [1.165, 1.54) is 0 Å². The molecule has 0 fully saturated rings. The van der Waals surface area contributed by atoms with Crippen LogP contribution in [0.1, 0.15) is 5.56 Å². The number of hydrogen-bond donors (Lipinski definition) is 1. The highest BCUT2D eigenvalue weighted by Crippen LogP contribution is 2.23. The lowest BCUT2D eigenvalue weighted by Crippen LogP contribution is -2.05. The molecule has 1 aromatic carbocycles. The molecule has 1 heterocycles. The fourth-order valence-electron chi connectivity index (χ4n) is 1.68. The number of benzene rings is 1. The number of nitrogens with zero attached hydrogens (tertiary/aromatic N) is 2. The van der Waals surface area contributed by atoms with Gasteiger partial charge in [0.2, 0.25) is 5.88 Å². The summed E-state index contributed by atoms with van der Waals surface area (Å²) in [4.78, 5) is 0. The van der Waals surface area contributed by atoms with Crippen LogP contribution in [0.15, 0.2) is 30.5 Å². The summed E-state index contributed by atoms with van der Waals surface area (Å²) in [6.45, 7) is 0.572. The molecular weight excluding hydrogens is 238 g/mol. The fraction of sp³-hybridized carbons (Fsp3) is 0.250. The SMILES string of the molecule is COc1c(CCN)cnn1-c1ccc(Cl)cc1. The Morgan fingerprint density at radius 2 is 2.06 bits per heavy atom. The van der Waals surface area contributed by atoms with Crippen molar-refractivity contribution in [1.29, 1.82) is 0 Å². The van der Waals surface area contributed by atoms with Crippen LogP contribution in [0, 0.1) is 0 Å². The van der Waals surface area contributed by atoms with Crippen LogP contribution in [0.3, 0.4) is 0 Å². The van der Waals surface area contributed by atoms with Crippen LogP contribution in [0.2, 0.25) is 5.02 Å². The van der Waals surface area contributed by atoms with Gasteiger partial charge in [-0.05, 0) is 37.2 Å². The van der Waals surface area contributed by atoms with Crippen LogP contribution in [-0.4, -0.2) is 23.4 Å². The Kier molecular flexibility index (Phi) is 3.66. The lowest BCUT2D eigenvalue weighted by atomic mass is 10.2. The molecule has 2 aromatic rings. The minimum absolute atomic E-state index is 0.572. The molecule has 0 aliphatic rings. The van der Waals surface area contributed by atoms with Gasteiger partial charge in [-0.3, -0.25) is 0 Å². The number of nitrogens with two attached hydrogens (primary N) is 1. The van der Waals surface area contributed by atoms with E-state index in [0.29, 0.717) is 11.6 Å². The predicted molar refractivity (Wildman–Crippen MR) is 67.9 cm³/mol. The van der Waals surface area contributed by atoms with E-state index in [2.05, 4.69) is 5.10 Å². The molecule has 0 aliphatic carbocycles. The molecule has 0 aliphatic heterocycles. The summed E-state index contributed by atoms with van der Waals surface area (Å²) in [6, 6.07) is 7.43. The third-order valence-corrected chi connectivity index (χ3v) is 2.73. The molecule has 5 heteroatoms. The average molecular weight is 252 g/mol. The molecule has 4 nitrogen and oxygen atoms in total. The topological polar surface area (TPSA) is 53.1 Å². The number of methoxy groups -OCH3 is 1. The smallest absolute Gasteiger partial charge is 0.219 e. The van der Waals surface area contributed by atoms with Gasteiger partial charge in [-0.15, -0.1) is 0 Å². The maximum absolute atomic E-state index is 5.85. The molecule has 0 saturated carbocycles. The summed E-state index contributed by atoms with van der Waals surface area (Å²) >= 11 is 5.85. The highest BCUT2D eigenvalue weighted by Gasteiger charge is 2.11. The normalized spacial score (nSPS) is 10.5. The van der Waals surface area contributed by atoms with Crippen molar-refractivity contribution in [2.45, 2.75) is 6.42 Å². The second-order valence-electron chi connectivity index (χ2n) is 3.61. The Morgan fingerprint density at radius 1 is 1.35 bits per heavy atom. The van der Waals surface area contributed by atoms with Gasteiger partial charge in [0.15, 0.2) is 0 Å². The lowest BCUT2D eigenvalue weighted by molar-refractivity contribution is 0.379. The maximum atomic E-state index is 5.85. The fourth-order valence-corrected chi connectivity index (χ4v) is 1.81. The number of rotatable bonds is 4. The molecule has 0 bridgehead atoms. The Bertz CT molecular complexity index is 493. The van der Waals surface area contributed by atoms with Crippen LogP contribution in [-0.2, 0) is 6.42 Å². The summed E-state index contributed by atoms with van der Waals surface area (Å²) in [5.74, 6) is 0.720. The van der Waals surface area contributed by atoms with E-state index in [4.69, 9.17) is 22.1 Å². The van der Waals surface area contributed by atoms with E-state index in [1.54, 1.807) is 18.0 Å². The minimum Gasteiger partial charge on any atom is -0.481 e. The largest absolute Gasteiger partial charge is 0.481 e. The van der Waals surface area contributed by atoms with E-state index in [9.17, 15) is 0 Å². The van der Waals surface area contributed by atoms with Crippen molar-refractivity contribution < 1.29 is 4.74 Å². The monoisotopic (exact) mass is 251 g/mol. The first-order chi connectivity index (χ1) is 8.26. The van der Waals surface area contributed by atoms with Crippen molar-refractivity contribution >= 4 is 11.6 Å². The van der Waals surface area contributed by atoms with E-state index in [1.807, 2.05) is 24.3 Å². The van der Waals surface area contributed by atoms with Gasteiger partial charge in [0.25, 0.3) is 0 Å². The van der Waals surface area contributed by atoms with Crippen molar-refractivity contribution in [1.82, 2.24) is 9.78 Å². The molecule has 0 saturated heterocycles. The Balaban J connectivity index is 2.41. The molecule has 2 N–H and O–H groups in total. The quantitative estimate of drug-likeness (QED) is 0.905. The van der Waals surface area contributed by atoms with E-state index < -0.39 is 0 Å². The van der Waals surface area contributed by atoms with Crippen molar-refractivity contribution in [3.63, 3.8) is 0 Å². The lowest BCUT2D eigenvalue weighted by Gasteiger charge is -2.07. The van der Waals surface area contributed by atoms with Gasteiger partial charge in [0.05, 0.1) is 19.0 Å². The summed E-state index contributed by atoms with van der Waals surface area (Å²) < 4.78 is 7.10. The molecule has 0 spiro atoms. The van der Waals surface area contributed by atoms with Gasteiger partial charge >= 0.3 is 0 Å². The second kappa shape index (κ2) is 5.21. The molecule has 1 aromatic heterocycles. The summed E-state index contributed by atoms with van der Waals surface area (Å²) in [6.07, 6.45) is 2.52. The number of aromatic nitrogens is 2. The zero-order chi connectivity index (χ0) is 12.3. The van der Waals surface area contributed by atoms with Crippen molar-refractivity contribution in [3.8, 4) is 11.6 Å². The van der Waals surface area contributed by atoms with Gasteiger partial charge in [0.1, 0.15) is 0 Å². The Morgan fingerprint density at radius 3 is 2.65 bits per heavy atom. The summed E-state index contributed by atoms with van der Waals surface area (Å²) in [5, 5.41) is 4.99.